The lowest BCUT2D eigenvalue weighted by molar-refractivity contribution is -0.144. The van der Waals surface area contributed by atoms with Crippen LogP contribution < -0.4 is 0 Å². The Bertz CT molecular complexity index is 812. The maximum Gasteiger partial charge on any atom is 0.326 e. The molecule has 1 aliphatic heterocycles. The molecule has 1 amide bonds. The summed E-state index contributed by atoms with van der Waals surface area (Å²) in [6, 6.07) is 7.06. The van der Waals surface area contributed by atoms with Crippen LogP contribution in [0.15, 0.2) is 30.5 Å². The number of carboxylic acid groups (broad SMARTS) is 1. The molecule has 1 fully saturated rings. The second kappa shape index (κ2) is 6.70. The molecule has 1 N–H and O–H groups in total. The van der Waals surface area contributed by atoms with Crippen molar-refractivity contribution in [3.8, 4) is 5.69 Å². The van der Waals surface area contributed by atoms with E-state index in [4.69, 9.17) is 0 Å². The highest BCUT2D eigenvalue weighted by Crippen LogP contribution is 2.26. The number of nitrogens with zero attached hydrogens (tertiary/aromatic N) is 3. The fourth-order valence-electron chi connectivity index (χ4n) is 3.44. The van der Waals surface area contributed by atoms with Crippen molar-refractivity contribution in [1.82, 2.24) is 14.7 Å². The highest BCUT2D eigenvalue weighted by molar-refractivity contribution is 5.97. The van der Waals surface area contributed by atoms with Gasteiger partial charge in [0, 0.05) is 6.54 Å². The number of aryl methyl sites for hydroxylation is 1. The minimum absolute atomic E-state index is 0.253. The Labute approximate surface area is 147 Å². The molecule has 0 aliphatic carbocycles. The predicted octanol–water partition coefficient (Wildman–Crippen LogP) is 2.81. The van der Waals surface area contributed by atoms with Crippen LogP contribution in [0.1, 0.15) is 41.4 Å². The molecule has 2 atom stereocenters. The number of likely N-dealkylation sites (tertiary alicyclic amines) is 1. The summed E-state index contributed by atoms with van der Waals surface area (Å²) in [5, 5.41) is 13.9. The molecule has 2 heterocycles. The normalized spacial score (nSPS) is 20.5. The van der Waals surface area contributed by atoms with Crippen LogP contribution in [0.5, 0.6) is 0 Å². The number of carboxylic acids is 1. The number of rotatable bonds is 3. The molecule has 3 rings (SSSR count). The van der Waals surface area contributed by atoms with Crippen LogP contribution in [-0.4, -0.2) is 44.3 Å². The molecule has 0 bridgehead atoms. The summed E-state index contributed by atoms with van der Waals surface area (Å²) in [4.78, 5) is 26.0. The van der Waals surface area contributed by atoms with Crippen molar-refractivity contribution in [3.05, 3.63) is 47.3 Å². The van der Waals surface area contributed by atoms with Crippen molar-refractivity contribution in [1.29, 1.82) is 0 Å². The maximum atomic E-state index is 13.0. The maximum absolute atomic E-state index is 13.0. The van der Waals surface area contributed by atoms with Crippen LogP contribution in [0.4, 0.5) is 0 Å². The Kier molecular flexibility index (Phi) is 4.61. The first kappa shape index (κ1) is 17.2. The third-order valence-corrected chi connectivity index (χ3v) is 4.99. The minimum Gasteiger partial charge on any atom is -0.480 e. The zero-order valence-electron chi connectivity index (χ0n) is 14.8. The van der Waals surface area contributed by atoms with E-state index in [0.29, 0.717) is 24.4 Å². The molecule has 6 heteroatoms. The Morgan fingerprint density at radius 2 is 1.96 bits per heavy atom. The number of hydrogen-bond donors (Lipinski definition) is 1. The summed E-state index contributed by atoms with van der Waals surface area (Å²) >= 11 is 0. The van der Waals surface area contributed by atoms with Gasteiger partial charge in [0.15, 0.2) is 0 Å². The number of piperidine rings is 1. The average molecular weight is 341 g/mol. The zero-order valence-corrected chi connectivity index (χ0v) is 14.8. The van der Waals surface area contributed by atoms with E-state index in [1.807, 2.05) is 45.0 Å². The smallest absolute Gasteiger partial charge is 0.326 e. The molecule has 132 valence electrons. The SMILES string of the molecule is Cc1ccccc1-n1ncc(C(=O)N2CCC(C)CC2C(=O)O)c1C. The predicted molar refractivity (Wildman–Crippen MR) is 93.9 cm³/mol. The number of amides is 1. The van der Waals surface area contributed by atoms with Crippen molar-refractivity contribution >= 4 is 11.9 Å². The molecule has 2 unspecified atom stereocenters. The van der Waals surface area contributed by atoms with Crippen molar-refractivity contribution < 1.29 is 14.7 Å². The molecule has 1 saturated heterocycles. The minimum atomic E-state index is -0.941. The summed E-state index contributed by atoms with van der Waals surface area (Å²) < 4.78 is 1.74. The number of aliphatic carboxylic acids is 1. The van der Waals surface area contributed by atoms with E-state index in [0.717, 1.165) is 23.4 Å². The van der Waals surface area contributed by atoms with E-state index in [2.05, 4.69) is 5.10 Å². The number of aromatic nitrogens is 2. The van der Waals surface area contributed by atoms with Gasteiger partial charge in [-0.3, -0.25) is 4.79 Å². The van der Waals surface area contributed by atoms with Gasteiger partial charge in [-0.1, -0.05) is 25.1 Å². The van der Waals surface area contributed by atoms with E-state index >= 15 is 0 Å². The van der Waals surface area contributed by atoms with E-state index < -0.39 is 12.0 Å². The lowest BCUT2D eigenvalue weighted by Gasteiger charge is -2.35. The van der Waals surface area contributed by atoms with Gasteiger partial charge in [-0.25, -0.2) is 9.48 Å². The fraction of sp³-hybridized carbons (Fsp3) is 0.421. The fourth-order valence-corrected chi connectivity index (χ4v) is 3.44. The molecule has 1 aromatic heterocycles. The molecule has 2 aromatic rings. The average Bonchev–Trinajstić information content (AvgIpc) is 2.96. The first-order valence-electron chi connectivity index (χ1n) is 8.54. The third-order valence-electron chi connectivity index (χ3n) is 4.99. The number of benzene rings is 1. The van der Waals surface area contributed by atoms with E-state index in [1.165, 1.54) is 4.90 Å². The molecule has 0 saturated carbocycles. The van der Waals surface area contributed by atoms with E-state index in [-0.39, 0.29) is 5.91 Å². The first-order valence-corrected chi connectivity index (χ1v) is 8.54. The Balaban J connectivity index is 1.93. The monoisotopic (exact) mass is 341 g/mol. The van der Waals surface area contributed by atoms with Gasteiger partial charge in [0.1, 0.15) is 6.04 Å². The summed E-state index contributed by atoms with van der Waals surface area (Å²) in [5.74, 6) is -0.888. The van der Waals surface area contributed by atoms with Crippen LogP contribution in [0.25, 0.3) is 5.69 Å². The largest absolute Gasteiger partial charge is 0.480 e. The summed E-state index contributed by atoms with van der Waals surface area (Å²) in [7, 11) is 0. The standard InChI is InChI=1S/C19H23N3O3/c1-12-8-9-21(17(10-12)19(24)25)18(23)15-11-20-22(14(15)3)16-7-5-4-6-13(16)2/h4-7,11-12,17H,8-10H2,1-3H3,(H,24,25). The van der Waals surface area contributed by atoms with Crippen LogP contribution >= 0.6 is 0 Å². The number of carbonyl (C=O) groups excluding carboxylic acids is 1. The second-order valence-corrected chi connectivity index (χ2v) is 6.82. The van der Waals surface area contributed by atoms with Gasteiger partial charge < -0.3 is 10.0 Å². The Morgan fingerprint density at radius 3 is 2.64 bits per heavy atom. The van der Waals surface area contributed by atoms with Crippen molar-refractivity contribution in [2.24, 2.45) is 5.92 Å². The summed E-state index contributed by atoms with van der Waals surface area (Å²) in [6.07, 6.45) is 2.85. The highest BCUT2D eigenvalue weighted by atomic mass is 16.4. The lowest BCUT2D eigenvalue weighted by Crippen LogP contribution is -2.49. The molecule has 1 aromatic carbocycles. The highest BCUT2D eigenvalue weighted by Gasteiger charge is 2.36. The molecule has 25 heavy (non-hydrogen) atoms. The molecule has 0 spiro atoms. The topological polar surface area (TPSA) is 75.4 Å². The van der Waals surface area contributed by atoms with Gasteiger partial charge in [-0.2, -0.15) is 5.10 Å². The van der Waals surface area contributed by atoms with Crippen molar-refractivity contribution in [3.63, 3.8) is 0 Å². The molecule has 6 nitrogen and oxygen atoms in total. The van der Waals surface area contributed by atoms with Gasteiger partial charge in [0.05, 0.1) is 23.1 Å². The third kappa shape index (κ3) is 3.16. The number of carbonyl (C=O) groups is 2. The Morgan fingerprint density at radius 1 is 1.24 bits per heavy atom. The first-order chi connectivity index (χ1) is 11.9. The van der Waals surface area contributed by atoms with Crippen LogP contribution in [0.3, 0.4) is 0 Å². The van der Waals surface area contributed by atoms with Gasteiger partial charge >= 0.3 is 5.97 Å². The number of para-hydroxylation sites is 1. The number of hydrogen-bond acceptors (Lipinski definition) is 3. The van der Waals surface area contributed by atoms with E-state index in [1.54, 1.807) is 10.9 Å². The van der Waals surface area contributed by atoms with Gasteiger partial charge in [0.25, 0.3) is 5.91 Å². The van der Waals surface area contributed by atoms with Crippen LogP contribution in [0.2, 0.25) is 0 Å². The van der Waals surface area contributed by atoms with Crippen LogP contribution in [-0.2, 0) is 4.79 Å². The van der Waals surface area contributed by atoms with Gasteiger partial charge in [-0.05, 0) is 44.2 Å². The lowest BCUT2D eigenvalue weighted by atomic mass is 9.92. The zero-order chi connectivity index (χ0) is 18.1. The molecule has 1 aliphatic rings. The van der Waals surface area contributed by atoms with Gasteiger partial charge in [-0.15, -0.1) is 0 Å². The van der Waals surface area contributed by atoms with Gasteiger partial charge in [0.2, 0.25) is 0 Å². The summed E-state index contributed by atoms with van der Waals surface area (Å²) in [6.45, 7) is 6.32. The van der Waals surface area contributed by atoms with Crippen LogP contribution in [0, 0.1) is 19.8 Å². The second-order valence-electron chi connectivity index (χ2n) is 6.82. The molecule has 0 radical (unpaired) electrons. The van der Waals surface area contributed by atoms with Crippen molar-refractivity contribution in [2.75, 3.05) is 6.54 Å². The summed E-state index contributed by atoms with van der Waals surface area (Å²) in [5.41, 5.74) is 3.16. The Hall–Kier alpha value is -2.63. The molecular weight excluding hydrogens is 318 g/mol. The van der Waals surface area contributed by atoms with Crippen molar-refractivity contribution in [2.45, 2.75) is 39.7 Å². The molecular formula is C19H23N3O3. The van der Waals surface area contributed by atoms with E-state index in [9.17, 15) is 14.7 Å². The quantitative estimate of drug-likeness (QED) is 0.931.